The van der Waals surface area contributed by atoms with Gasteiger partial charge in [0, 0.05) is 11.8 Å². The highest BCUT2D eigenvalue weighted by atomic mass is 16.3. The molecule has 0 saturated heterocycles. The summed E-state index contributed by atoms with van der Waals surface area (Å²) in [6.45, 7) is 1.99. The molecule has 3 rings (SSSR count). The molecule has 3 N–H and O–H groups in total. The monoisotopic (exact) mass is 282 g/mol. The third-order valence-electron chi connectivity index (χ3n) is 4.74. The number of anilines is 1. The summed E-state index contributed by atoms with van der Waals surface area (Å²) in [6, 6.07) is 12.5. The molecule has 0 unspecified atom stereocenters. The molecule has 3 nitrogen and oxygen atoms in total. The number of nitrogens with zero attached hydrogens (tertiary/aromatic N) is 1. The molecule has 1 aromatic carbocycles. The van der Waals surface area contributed by atoms with E-state index < -0.39 is 5.60 Å². The Labute approximate surface area is 125 Å². The second-order valence-electron chi connectivity index (χ2n) is 6.10. The van der Waals surface area contributed by atoms with Crippen molar-refractivity contribution in [1.29, 1.82) is 0 Å². The first-order valence-electron chi connectivity index (χ1n) is 7.59. The third-order valence-corrected chi connectivity index (χ3v) is 4.74. The van der Waals surface area contributed by atoms with Gasteiger partial charge in [0.25, 0.3) is 0 Å². The smallest absolute Gasteiger partial charge is 0.129 e. The van der Waals surface area contributed by atoms with Gasteiger partial charge < -0.3 is 10.8 Å². The number of hydrogen-bond acceptors (Lipinski definition) is 3. The molecular weight excluding hydrogens is 260 g/mol. The number of aromatic nitrogens is 1. The number of rotatable bonds is 2. The molecule has 2 aromatic rings. The first-order valence-corrected chi connectivity index (χ1v) is 7.59. The van der Waals surface area contributed by atoms with Gasteiger partial charge in [0.05, 0.1) is 5.60 Å². The lowest BCUT2D eigenvalue weighted by Gasteiger charge is -2.37. The summed E-state index contributed by atoms with van der Waals surface area (Å²) in [5.74, 6) is 1.00. The van der Waals surface area contributed by atoms with Crippen LogP contribution in [0.2, 0.25) is 0 Å². The van der Waals surface area contributed by atoms with Gasteiger partial charge in [0.1, 0.15) is 5.82 Å². The number of aliphatic hydroxyl groups is 1. The van der Waals surface area contributed by atoms with Gasteiger partial charge in [-0.3, -0.25) is 0 Å². The summed E-state index contributed by atoms with van der Waals surface area (Å²) < 4.78 is 0. The molecule has 0 aliphatic heterocycles. The Bertz CT molecular complexity index is 596. The van der Waals surface area contributed by atoms with E-state index in [0.29, 0.717) is 11.7 Å². The van der Waals surface area contributed by atoms with E-state index in [0.717, 1.165) is 36.8 Å². The van der Waals surface area contributed by atoms with Gasteiger partial charge in [-0.15, -0.1) is 0 Å². The second kappa shape index (κ2) is 5.49. The fourth-order valence-corrected chi connectivity index (χ4v) is 3.59. The zero-order valence-electron chi connectivity index (χ0n) is 12.4. The summed E-state index contributed by atoms with van der Waals surface area (Å²) in [6.07, 6.45) is 5.14. The summed E-state index contributed by atoms with van der Waals surface area (Å²) in [4.78, 5) is 4.16. The van der Waals surface area contributed by atoms with Crippen molar-refractivity contribution < 1.29 is 5.11 Å². The molecule has 0 spiro atoms. The molecule has 1 aliphatic rings. The highest BCUT2D eigenvalue weighted by Gasteiger charge is 2.37. The fraction of sp³-hybridized carbons (Fsp3) is 0.389. The maximum atomic E-state index is 11.0. The van der Waals surface area contributed by atoms with Crippen LogP contribution in [0, 0.1) is 6.92 Å². The molecule has 1 fully saturated rings. The normalized spacial score (nSPS) is 25.7. The minimum atomic E-state index is -0.826. The van der Waals surface area contributed by atoms with Crippen LogP contribution in [0.15, 0.2) is 42.6 Å². The number of benzene rings is 1. The van der Waals surface area contributed by atoms with Crippen LogP contribution in [-0.4, -0.2) is 10.1 Å². The Morgan fingerprint density at radius 2 is 1.81 bits per heavy atom. The van der Waals surface area contributed by atoms with Gasteiger partial charge in [0.2, 0.25) is 0 Å². The quantitative estimate of drug-likeness (QED) is 0.886. The van der Waals surface area contributed by atoms with E-state index in [4.69, 9.17) is 5.73 Å². The molecule has 0 bridgehead atoms. The van der Waals surface area contributed by atoms with Crippen LogP contribution in [0.3, 0.4) is 0 Å². The lowest BCUT2D eigenvalue weighted by atomic mass is 9.72. The fourth-order valence-electron chi connectivity index (χ4n) is 3.59. The van der Waals surface area contributed by atoms with Crippen molar-refractivity contribution in [2.45, 2.75) is 44.1 Å². The van der Waals surface area contributed by atoms with E-state index in [1.807, 2.05) is 19.1 Å². The van der Waals surface area contributed by atoms with Crippen LogP contribution >= 0.6 is 0 Å². The van der Waals surface area contributed by atoms with Gasteiger partial charge in [-0.05, 0) is 55.7 Å². The summed E-state index contributed by atoms with van der Waals surface area (Å²) in [7, 11) is 0. The Hall–Kier alpha value is -1.87. The number of hydrogen-bond donors (Lipinski definition) is 2. The van der Waals surface area contributed by atoms with Crippen molar-refractivity contribution in [2.75, 3.05) is 5.73 Å². The predicted molar refractivity (Wildman–Crippen MR) is 84.9 cm³/mol. The molecule has 0 atom stereocenters. The summed E-state index contributed by atoms with van der Waals surface area (Å²) in [5.41, 5.74) is 8.42. The second-order valence-corrected chi connectivity index (χ2v) is 6.10. The van der Waals surface area contributed by atoms with Crippen LogP contribution in [0.1, 0.15) is 48.3 Å². The maximum Gasteiger partial charge on any atom is 0.129 e. The first-order chi connectivity index (χ1) is 10.1. The van der Waals surface area contributed by atoms with Gasteiger partial charge in [0.15, 0.2) is 0 Å². The van der Waals surface area contributed by atoms with E-state index in [2.05, 4.69) is 29.2 Å². The minimum absolute atomic E-state index is 0.468. The first kappa shape index (κ1) is 14.1. The Morgan fingerprint density at radius 3 is 2.43 bits per heavy atom. The molecule has 1 heterocycles. The number of nitrogens with two attached hydrogens (primary N) is 1. The molecule has 110 valence electrons. The van der Waals surface area contributed by atoms with E-state index in [9.17, 15) is 5.11 Å². The van der Waals surface area contributed by atoms with Crippen molar-refractivity contribution in [3.63, 3.8) is 0 Å². The largest absolute Gasteiger partial charge is 0.385 e. The molecule has 1 saturated carbocycles. The van der Waals surface area contributed by atoms with Crippen LogP contribution in [0.25, 0.3) is 0 Å². The lowest BCUT2D eigenvalue weighted by molar-refractivity contribution is -0.00573. The number of aryl methyl sites for hydroxylation is 1. The Kier molecular flexibility index (Phi) is 3.68. The van der Waals surface area contributed by atoms with Crippen molar-refractivity contribution >= 4 is 5.82 Å². The summed E-state index contributed by atoms with van der Waals surface area (Å²) in [5, 5.41) is 11.0. The number of nitrogen functional groups attached to an aromatic ring is 1. The van der Waals surface area contributed by atoms with Crippen molar-refractivity contribution in [3.05, 3.63) is 59.3 Å². The van der Waals surface area contributed by atoms with E-state index in [1.54, 1.807) is 6.20 Å². The highest BCUT2D eigenvalue weighted by Crippen LogP contribution is 2.45. The average molecular weight is 282 g/mol. The van der Waals surface area contributed by atoms with Crippen molar-refractivity contribution in [3.8, 4) is 0 Å². The van der Waals surface area contributed by atoms with Crippen LogP contribution in [0.5, 0.6) is 0 Å². The maximum absolute atomic E-state index is 11.0. The Morgan fingerprint density at radius 1 is 1.14 bits per heavy atom. The van der Waals surface area contributed by atoms with E-state index in [1.165, 1.54) is 5.56 Å². The standard InChI is InChI=1S/C18H22N2O/c1-13-9-12-20-17(19)16(13)18(21)10-7-15(8-11-18)14-5-3-2-4-6-14/h2-6,9,12,15,21H,7-8,10-11H2,1H3,(H2,19,20). The zero-order chi connectivity index (χ0) is 14.9. The lowest BCUT2D eigenvalue weighted by Crippen LogP contribution is -2.33. The highest BCUT2D eigenvalue weighted by molar-refractivity contribution is 5.48. The number of pyridine rings is 1. The molecule has 1 aromatic heterocycles. The predicted octanol–water partition coefficient (Wildman–Crippen LogP) is 3.52. The molecule has 0 radical (unpaired) electrons. The minimum Gasteiger partial charge on any atom is -0.385 e. The average Bonchev–Trinajstić information content (AvgIpc) is 2.48. The summed E-state index contributed by atoms with van der Waals surface area (Å²) >= 11 is 0. The molecule has 3 heteroatoms. The molecular formula is C18H22N2O. The third kappa shape index (κ3) is 2.66. The molecule has 0 amide bonds. The molecule has 21 heavy (non-hydrogen) atoms. The van der Waals surface area contributed by atoms with Crippen LogP contribution in [-0.2, 0) is 5.60 Å². The molecule has 1 aliphatic carbocycles. The van der Waals surface area contributed by atoms with E-state index in [-0.39, 0.29) is 0 Å². The van der Waals surface area contributed by atoms with Gasteiger partial charge >= 0.3 is 0 Å². The van der Waals surface area contributed by atoms with Gasteiger partial charge in [-0.2, -0.15) is 0 Å². The Balaban J connectivity index is 1.81. The zero-order valence-corrected chi connectivity index (χ0v) is 12.4. The van der Waals surface area contributed by atoms with E-state index >= 15 is 0 Å². The van der Waals surface area contributed by atoms with Gasteiger partial charge in [-0.25, -0.2) is 4.98 Å². The van der Waals surface area contributed by atoms with Gasteiger partial charge in [-0.1, -0.05) is 30.3 Å². The van der Waals surface area contributed by atoms with Crippen molar-refractivity contribution in [2.24, 2.45) is 0 Å². The van der Waals surface area contributed by atoms with Crippen LogP contribution in [0.4, 0.5) is 5.82 Å². The van der Waals surface area contributed by atoms with Crippen molar-refractivity contribution in [1.82, 2.24) is 4.98 Å². The topological polar surface area (TPSA) is 59.1 Å². The van der Waals surface area contributed by atoms with Crippen LogP contribution < -0.4 is 5.73 Å². The SMILES string of the molecule is Cc1ccnc(N)c1C1(O)CCC(c2ccccc2)CC1.